The predicted octanol–water partition coefficient (Wildman–Crippen LogP) is 3.91. The molecule has 4 rings (SSSR count). The van der Waals surface area contributed by atoms with Crippen LogP contribution in [0.15, 0.2) is 36.7 Å². The lowest BCUT2D eigenvalue weighted by molar-refractivity contribution is 0.101. The Morgan fingerprint density at radius 3 is 2.44 bits per heavy atom. The SMILES string of the molecule is CC(=O)c1ccc(NC(=O)N2CCC(c3nccn3CC3CC3)CC2)cc1. The number of hydrogen-bond donors (Lipinski definition) is 1. The Balaban J connectivity index is 1.31. The van der Waals surface area contributed by atoms with Crippen LogP contribution in [-0.2, 0) is 6.54 Å². The third-order valence-electron chi connectivity index (χ3n) is 5.59. The summed E-state index contributed by atoms with van der Waals surface area (Å²) in [5, 5.41) is 2.93. The zero-order valence-electron chi connectivity index (χ0n) is 15.7. The van der Waals surface area contributed by atoms with Gasteiger partial charge in [-0.1, -0.05) is 0 Å². The van der Waals surface area contributed by atoms with Crippen molar-refractivity contribution in [3.63, 3.8) is 0 Å². The first-order chi connectivity index (χ1) is 13.1. The monoisotopic (exact) mass is 366 g/mol. The molecular formula is C21H26N4O2. The largest absolute Gasteiger partial charge is 0.334 e. The van der Waals surface area contributed by atoms with Gasteiger partial charge in [0.15, 0.2) is 5.78 Å². The molecule has 1 saturated carbocycles. The van der Waals surface area contributed by atoms with Crippen molar-refractivity contribution in [2.24, 2.45) is 5.92 Å². The molecular weight excluding hydrogens is 340 g/mol. The first kappa shape index (κ1) is 17.8. The van der Waals surface area contributed by atoms with Crippen molar-refractivity contribution in [3.8, 4) is 0 Å². The standard InChI is InChI=1S/C21H26N4O2/c1-15(26)17-4-6-19(7-5-17)23-21(27)24-11-8-18(9-12-24)20-22-10-13-25(20)14-16-2-3-16/h4-7,10,13,16,18H,2-3,8-9,11-12,14H2,1H3,(H,23,27). The van der Waals surface area contributed by atoms with Gasteiger partial charge in [0.2, 0.25) is 0 Å². The molecule has 0 bridgehead atoms. The summed E-state index contributed by atoms with van der Waals surface area (Å²) in [6.45, 7) is 4.09. The molecule has 27 heavy (non-hydrogen) atoms. The van der Waals surface area contributed by atoms with E-state index in [0.29, 0.717) is 17.2 Å². The topological polar surface area (TPSA) is 67.2 Å². The lowest BCUT2D eigenvalue weighted by atomic mass is 9.96. The number of carbonyl (C=O) groups is 2. The number of nitrogens with one attached hydrogen (secondary N) is 1. The highest BCUT2D eigenvalue weighted by molar-refractivity contribution is 5.95. The smallest absolute Gasteiger partial charge is 0.321 e. The molecule has 2 heterocycles. The number of urea groups is 1. The Morgan fingerprint density at radius 2 is 1.81 bits per heavy atom. The number of likely N-dealkylation sites (tertiary alicyclic amines) is 1. The van der Waals surface area contributed by atoms with Crippen LogP contribution in [-0.4, -0.2) is 39.4 Å². The Hall–Kier alpha value is -2.63. The van der Waals surface area contributed by atoms with Crippen LogP contribution in [0.3, 0.4) is 0 Å². The molecule has 1 aliphatic carbocycles. The van der Waals surface area contributed by atoms with E-state index in [-0.39, 0.29) is 11.8 Å². The minimum atomic E-state index is -0.0784. The molecule has 1 N–H and O–H groups in total. The molecule has 1 aromatic heterocycles. The fraction of sp³-hybridized carbons (Fsp3) is 0.476. The summed E-state index contributed by atoms with van der Waals surface area (Å²) < 4.78 is 2.31. The average Bonchev–Trinajstić information content (AvgIpc) is 3.37. The second-order valence-corrected chi connectivity index (χ2v) is 7.71. The summed E-state index contributed by atoms with van der Waals surface area (Å²) in [6, 6.07) is 6.95. The molecule has 2 aromatic rings. The molecule has 1 aromatic carbocycles. The van der Waals surface area contributed by atoms with Crippen LogP contribution in [0.4, 0.5) is 10.5 Å². The lowest BCUT2D eigenvalue weighted by Crippen LogP contribution is -2.41. The van der Waals surface area contributed by atoms with Crippen molar-refractivity contribution in [1.82, 2.24) is 14.5 Å². The minimum absolute atomic E-state index is 0.0231. The minimum Gasteiger partial charge on any atom is -0.334 e. The van der Waals surface area contributed by atoms with Gasteiger partial charge in [0.1, 0.15) is 5.82 Å². The summed E-state index contributed by atoms with van der Waals surface area (Å²) in [5.41, 5.74) is 1.36. The second-order valence-electron chi connectivity index (χ2n) is 7.71. The van der Waals surface area contributed by atoms with Crippen LogP contribution in [0, 0.1) is 5.92 Å². The highest BCUT2D eigenvalue weighted by Crippen LogP contribution is 2.33. The highest BCUT2D eigenvalue weighted by Gasteiger charge is 2.28. The first-order valence-corrected chi connectivity index (χ1v) is 9.78. The molecule has 2 fully saturated rings. The molecule has 142 valence electrons. The van der Waals surface area contributed by atoms with Crippen LogP contribution in [0.25, 0.3) is 0 Å². The quantitative estimate of drug-likeness (QED) is 0.816. The summed E-state index contributed by atoms with van der Waals surface area (Å²) in [7, 11) is 0. The maximum absolute atomic E-state index is 12.5. The summed E-state index contributed by atoms with van der Waals surface area (Å²) in [4.78, 5) is 30.3. The number of benzene rings is 1. The first-order valence-electron chi connectivity index (χ1n) is 9.78. The van der Waals surface area contributed by atoms with Gasteiger partial charge in [-0.15, -0.1) is 0 Å². The van der Waals surface area contributed by atoms with Gasteiger partial charge in [0.25, 0.3) is 0 Å². The van der Waals surface area contributed by atoms with Gasteiger partial charge in [-0.3, -0.25) is 4.79 Å². The molecule has 1 aliphatic heterocycles. The predicted molar refractivity (Wildman–Crippen MR) is 104 cm³/mol. The van der Waals surface area contributed by atoms with E-state index < -0.39 is 0 Å². The zero-order chi connectivity index (χ0) is 18.8. The zero-order valence-corrected chi connectivity index (χ0v) is 15.7. The van der Waals surface area contributed by atoms with E-state index in [1.54, 1.807) is 24.3 Å². The number of ketones is 1. The maximum atomic E-state index is 12.5. The molecule has 0 atom stereocenters. The van der Waals surface area contributed by atoms with E-state index in [9.17, 15) is 9.59 Å². The van der Waals surface area contributed by atoms with E-state index in [0.717, 1.165) is 38.4 Å². The normalized spacial score (nSPS) is 17.7. The van der Waals surface area contributed by atoms with Crippen molar-refractivity contribution in [2.45, 2.75) is 45.1 Å². The Labute approximate surface area is 159 Å². The number of Topliss-reactive ketones (excluding diaryl/α,β-unsaturated/α-hetero) is 1. The molecule has 0 spiro atoms. The summed E-state index contributed by atoms with van der Waals surface area (Å²) >= 11 is 0. The molecule has 1 saturated heterocycles. The van der Waals surface area contributed by atoms with Crippen molar-refractivity contribution in [1.29, 1.82) is 0 Å². The second kappa shape index (κ2) is 7.55. The van der Waals surface area contributed by atoms with Gasteiger partial charge in [0.05, 0.1) is 0 Å². The fourth-order valence-corrected chi connectivity index (χ4v) is 3.75. The molecule has 6 nitrogen and oxygen atoms in total. The molecule has 6 heteroatoms. The number of carbonyl (C=O) groups excluding carboxylic acids is 2. The van der Waals surface area contributed by atoms with Crippen LogP contribution < -0.4 is 5.32 Å². The van der Waals surface area contributed by atoms with E-state index in [1.165, 1.54) is 25.6 Å². The Kier molecular flexibility index (Phi) is 4.97. The van der Waals surface area contributed by atoms with Gasteiger partial charge in [-0.25, -0.2) is 9.78 Å². The number of nitrogens with zero attached hydrogens (tertiary/aromatic N) is 3. The molecule has 2 aliphatic rings. The van der Waals surface area contributed by atoms with Crippen LogP contribution in [0.2, 0.25) is 0 Å². The van der Waals surface area contributed by atoms with Crippen molar-refractivity contribution in [3.05, 3.63) is 48.0 Å². The van der Waals surface area contributed by atoms with Crippen molar-refractivity contribution >= 4 is 17.5 Å². The van der Waals surface area contributed by atoms with E-state index in [1.807, 2.05) is 11.1 Å². The third kappa shape index (κ3) is 4.21. The fourth-order valence-electron chi connectivity index (χ4n) is 3.75. The molecule has 0 radical (unpaired) electrons. The number of amides is 2. The maximum Gasteiger partial charge on any atom is 0.321 e. The van der Waals surface area contributed by atoms with Gasteiger partial charge in [-0.2, -0.15) is 0 Å². The van der Waals surface area contributed by atoms with Gasteiger partial charge in [0, 0.05) is 49.2 Å². The van der Waals surface area contributed by atoms with E-state index in [2.05, 4.69) is 21.1 Å². The number of imidazole rings is 1. The number of hydrogen-bond acceptors (Lipinski definition) is 3. The number of rotatable bonds is 5. The number of aromatic nitrogens is 2. The van der Waals surface area contributed by atoms with Gasteiger partial charge < -0.3 is 14.8 Å². The third-order valence-corrected chi connectivity index (χ3v) is 5.59. The van der Waals surface area contributed by atoms with E-state index >= 15 is 0 Å². The average molecular weight is 366 g/mol. The van der Waals surface area contributed by atoms with Gasteiger partial charge >= 0.3 is 6.03 Å². The number of piperidine rings is 1. The number of anilines is 1. The van der Waals surface area contributed by atoms with Crippen molar-refractivity contribution < 1.29 is 9.59 Å². The molecule has 0 unspecified atom stereocenters. The van der Waals surface area contributed by atoms with Crippen molar-refractivity contribution in [2.75, 3.05) is 18.4 Å². The Bertz CT molecular complexity index is 815. The van der Waals surface area contributed by atoms with Crippen LogP contribution in [0.1, 0.15) is 54.7 Å². The molecule has 2 amide bonds. The van der Waals surface area contributed by atoms with E-state index in [4.69, 9.17) is 0 Å². The van der Waals surface area contributed by atoms with Gasteiger partial charge in [-0.05, 0) is 62.8 Å². The van der Waals surface area contributed by atoms with Crippen LogP contribution in [0.5, 0.6) is 0 Å². The van der Waals surface area contributed by atoms with Crippen LogP contribution >= 0.6 is 0 Å². The lowest BCUT2D eigenvalue weighted by Gasteiger charge is -2.32. The Morgan fingerprint density at radius 1 is 1.11 bits per heavy atom. The summed E-state index contributed by atoms with van der Waals surface area (Å²) in [6.07, 6.45) is 8.56. The summed E-state index contributed by atoms with van der Waals surface area (Å²) in [5.74, 6) is 2.47. The highest BCUT2D eigenvalue weighted by atomic mass is 16.2.